The second-order valence-electron chi connectivity index (χ2n) is 6.55. The molecule has 0 saturated carbocycles. The summed E-state index contributed by atoms with van der Waals surface area (Å²) in [6.07, 6.45) is 9.64. The van der Waals surface area contributed by atoms with Gasteiger partial charge in [0.15, 0.2) is 0 Å². The predicted molar refractivity (Wildman–Crippen MR) is 85.9 cm³/mol. The van der Waals surface area contributed by atoms with Gasteiger partial charge in [-0.2, -0.15) is 0 Å². The number of hydrogen-bond acceptors (Lipinski definition) is 3. The zero-order chi connectivity index (χ0) is 15.9. The molecule has 1 heterocycles. The van der Waals surface area contributed by atoms with Gasteiger partial charge in [0.2, 0.25) is 0 Å². The number of carbonyl (C=O) groups excluding carboxylic acids is 1. The molecule has 1 rings (SSSR count). The Morgan fingerprint density at radius 2 is 2.19 bits per heavy atom. The molecule has 0 aromatic rings. The lowest BCUT2D eigenvalue weighted by Crippen LogP contribution is -2.26. The third kappa shape index (κ3) is 5.37. The molecule has 1 aliphatic rings. The lowest BCUT2D eigenvalue weighted by molar-refractivity contribution is -0.135. The highest BCUT2D eigenvalue weighted by Gasteiger charge is 2.41. The molecule has 0 amide bonds. The van der Waals surface area contributed by atoms with Gasteiger partial charge in [-0.15, -0.1) is 0 Å². The van der Waals surface area contributed by atoms with Gasteiger partial charge >= 0.3 is 5.97 Å². The van der Waals surface area contributed by atoms with Crippen LogP contribution in [0.4, 0.5) is 0 Å². The molecule has 1 saturated heterocycles. The standard InChI is InChI=1S/C18H32O3/c1-6-9-10-14(7-2)12-18(4)13-15(8-3)16(21-18)11-17(19)20-5/h11,14-15H,6-10,12-13H2,1-5H3/b16-11-/t14-,15+,18-/m0/s1. The molecule has 0 radical (unpaired) electrons. The van der Waals surface area contributed by atoms with Crippen LogP contribution in [0.1, 0.15) is 72.6 Å². The predicted octanol–water partition coefficient (Wildman–Crippen LogP) is 4.86. The van der Waals surface area contributed by atoms with Crippen LogP contribution in [0.25, 0.3) is 0 Å². The minimum absolute atomic E-state index is 0.130. The fraction of sp³-hybridized carbons (Fsp3) is 0.833. The quantitative estimate of drug-likeness (QED) is 0.474. The van der Waals surface area contributed by atoms with Crippen molar-refractivity contribution < 1.29 is 14.3 Å². The topological polar surface area (TPSA) is 35.5 Å². The van der Waals surface area contributed by atoms with E-state index in [9.17, 15) is 4.79 Å². The molecule has 21 heavy (non-hydrogen) atoms. The number of hydrogen-bond donors (Lipinski definition) is 0. The molecule has 3 atom stereocenters. The van der Waals surface area contributed by atoms with Crippen LogP contribution >= 0.6 is 0 Å². The number of rotatable bonds is 8. The van der Waals surface area contributed by atoms with Crippen molar-refractivity contribution in [3.63, 3.8) is 0 Å². The second kappa shape index (κ2) is 8.45. The lowest BCUT2D eigenvalue weighted by Gasteiger charge is -2.28. The number of carbonyl (C=O) groups is 1. The van der Waals surface area contributed by atoms with Crippen molar-refractivity contribution in [2.75, 3.05) is 7.11 Å². The molecular weight excluding hydrogens is 264 g/mol. The third-order valence-corrected chi connectivity index (χ3v) is 4.66. The van der Waals surface area contributed by atoms with E-state index in [4.69, 9.17) is 9.47 Å². The van der Waals surface area contributed by atoms with E-state index in [-0.39, 0.29) is 11.6 Å². The smallest absolute Gasteiger partial charge is 0.333 e. The van der Waals surface area contributed by atoms with Crippen LogP contribution in [0.5, 0.6) is 0 Å². The van der Waals surface area contributed by atoms with Gasteiger partial charge in [0.05, 0.1) is 13.2 Å². The van der Waals surface area contributed by atoms with Gasteiger partial charge in [0.25, 0.3) is 0 Å². The Morgan fingerprint density at radius 3 is 2.71 bits per heavy atom. The van der Waals surface area contributed by atoms with E-state index in [1.807, 2.05) is 0 Å². The van der Waals surface area contributed by atoms with Crippen LogP contribution in [0.15, 0.2) is 11.8 Å². The maximum atomic E-state index is 11.5. The van der Waals surface area contributed by atoms with E-state index in [1.54, 1.807) is 0 Å². The minimum Gasteiger partial charge on any atom is -0.491 e. The van der Waals surface area contributed by atoms with E-state index in [0.29, 0.717) is 11.8 Å². The first-order valence-electron chi connectivity index (χ1n) is 8.46. The molecule has 122 valence electrons. The van der Waals surface area contributed by atoms with Crippen molar-refractivity contribution in [1.29, 1.82) is 0 Å². The summed E-state index contributed by atoms with van der Waals surface area (Å²) in [6, 6.07) is 0. The number of allylic oxidation sites excluding steroid dienone is 1. The first-order valence-corrected chi connectivity index (χ1v) is 8.46. The highest BCUT2D eigenvalue weighted by atomic mass is 16.5. The average molecular weight is 296 g/mol. The number of ether oxygens (including phenoxy) is 2. The Morgan fingerprint density at radius 1 is 1.48 bits per heavy atom. The molecule has 0 N–H and O–H groups in total. The first kappa shape index (κ1) is 18.1. The van der Waals surface area contributed by atoms with Crippen LogP contribution < -0.4 is 0 Å². The highest BCUT2D eigenvalue weighted by molar-refractivity contribution is 5.82. The Hall–Kier alpha value is -0.990. The number of esters is 1. The molecule has 0 aromatic carbocycles. The molecule has 0 bridgehead atoms. The molecule has 0 aliphatic carbocycles. The third-order valence-electron chi connectivity index (χ3n) is 4.66. The van der Waals surface area contributed by atoms with E-state index >= 15 is 0 Å². The molecule has 1 aliphatic heterocycles. The number of unbranched alkanes of at least 4 members (excludes halogenated alkanes) is 1. The summed E-state index contributed by atoms with van der Waals surface area (Å²) < 4.78 is 10.9. The Labute approximate surface area is 130 Å². The Kier molecular flexibility index (Phi) is 7.27. The summed E-state index contributed by atoms with van der Waals surface area (Å²) in [5, 5.41) is 0. The number of methoxy groups -OCH3 is 1. The van der Waals surface area contributed by atoms with Crippen molar-refractivity contribution in [3.05, 3.63) is 11.8 Å². The minimum atomic E-state index is -0.314. The van der Waals surface area contributed by atoms with Crippen LogP contribution in [-0.2, 0) is 14.3 Å². The van der Waals surface area contributed by atoms with Crippen molar-refractivity contribution in [1.82, 2.24) is 0 Å². The normalized spacial score (nSPS) is 28.4. The SMILES string of the molecule is CCCC[C@H](CC)C[C@@]1(C)C[C@@H](CC)/C(=C/C(=O)OC)O1. The van der Waals surface area contributed by atoms with Gasteiger partial charge in [-0.05, 0) is 32.1 Å². The largest absolute Gasteiger partial charge is 0.491 e. The monoisotopic (exact) mass is 296 g/mol. The fourth-order valence-corrected chi connectivity index (χ4v) is 3.38. The van der Waals surface area contributed by atoms with Crippen LogP contribution in [0.3, 0.4) is 0 Å². The van der Waals surface area contributed by atoms with Crippen molar-refractivity contribution >= 4 is 5.97 Å². The van der Waals surface area contributed by atoms with Gasteiger partial charge in [-0.25, -0.2) is 4.79 Å². The van der Waals surface area contributed by atoms with Gasteiger partial charge < -0.3 is 9.47 Å². The van der Waals surface area contributed by atoms with E-state index in [2.05, 4.69) is 27.7 Å². The molecular formula is C18H32O3. The van der Waals surface area contributed by atoms with Crippen molar-refractivity contribution in [3.8, 4) is 0 Å². The summed E-state index contributed by atoms with van der Waals surface area (Å²) in [4.78, 5) is 11.5. The van der Waals surface area contributed by atoms with E-state index < -0.39 is 0 Å². The lowest BCUT2D eigenvalue weighted by atomic mass is 9.83. The fourth-order valence-electron chi connectivity index (χ4n) is 3.38. The van der Waals surface area contributed by atoms with Crippen LogP contribution in [-0.4, -0.2) is 18.7 Å². The maximum absolute atomic E-state index is 11.5. The van der Waals surface area contributed by atoms with Gasteiger partial charge in [-0.3, -0.25) is 0 Å². The molecule has 3 nitrogen and oxygen atoms in total. The zero-order valence-corrected chi connectivity index (χ0v) is 14.4. The van der Waals surface area contributed by atoms with Crippen molar-refractivity contribution in [2.24, 2.45) is 11.8 Å². The summed E-state index contributed by atoms with van der Waals surface area (Å²) >= 11 is 0. The van der Waals surface area contributed by atoms with Gasteiger partial charge in [-0.1, -0.05) is 46.5 Å². The molecule has 1 fully saturated rings. The maximum Gasteiger partial charge on any atom is 0.333 e. The highest BCUT2D eigenvalue weighted by Crippen LogP contribution is 2.43. The second-order valence-corrected chi connectivity index (χ2v) is 6.55. The summed E-state index contributed by atoms with van der Waals surface area (Å²) in [5.74, 6) is 1.56. The van der Waals surface area contributed by atoms with E-state index in [1.165, 1.54) is 38.9 Å². The van der Waals surface area contributed by atoms with Crippen molar-refractivity contribution in [2.45, 2.75) is 78.2 Å². The summed E-state index contributed by atoms with van der Waals surface area (Å²) in [6.45, 7) is 8.85. The zero-order valence-electron chi connectivity index (χ0n) is 14.4. The van der Waals surface area contributed by atoms with E-state index in [0.717, 1.165) is 25.0 Å². The summed E-state index contributed by atoms with van der Waals surface area (Å²) in [5.41, 5.74) is -0.130. The molecule has 0 unspecified atom stereocenters. The average Bonchev–Trinajstić information content (AvgIpc) is 2.79. The Bertz CT molecular complexity index is 361. The Balaban J connectivity index is 2.74. The van der Waals surface area contributed by atoms with Crippen LogP contribution in [0, 0.1) is 11.8 Å². The first-order chi connectivity index (χ1) is 9.97. The summed E-state index contributed by atoms with van der Waals surface area (Å²) in [7, 11) is 1.41. The van der Waals surface area contributed by atoms with Gasteiger partial charge in [0.1, 0.15) is 11.4 Å². The van der Waals surface area contributed by atoms with Gasteiger partial charge in [0, 0.05) is 5.92 Å². The molecule has 0 spiro atoms. The molecule has 0 aromatic heterocycles. The molecule has 3 heteroatoms. The van der Waals surface area contributed by atoms with Crippen LogP contribution in [0.2, 0.25) is 0 Å².